The maximum atomic E-state index is 13.0. The van der Waals surface area contributed by atoms with Crippen molar-refractivity contribution < 1.29 is 23.1 Å². The van der Waals surface area contributed by atoms with Gasteiger partial charge in [0.2, 0.25) is 0 Å². The number of carboxylic acid groups (broad SMARTS) is 1. The average Bonchev–Trinajstić information content (AvgIpc) is 2.97. The summed E-state index contributed by atoms with van der Waals surface area (Å²) in [6.07, 6.45) is -3.18. The van der Waals surface area contributed by atoms with Gasteiger partial charge in [0.25, 0.3) is 0 Å². The minimum Gasteiger partial charge on any atom is -0.478 e. The van der Waals surface area contributed by atoms with Crippen LogP contribution in [0.2, 0.25) is 0 Å². The van der Waals surface area contributed by atoms with E-state index in [1.165, 1.54) is 22.8 Å². The average molecular weight is 379 g/mol. The van der Waals surface area contributed by atoms with Gasteiger partial charge in [-0.3, -0.25) is 0 Å². The number of alkyl halides is 3. The van der Waals surface area contributed by atoms with E-state index in [2.05, 4.69) is 15.4 Å². The molecular weight excluding hydrogens is 363 g/mol. The molecule has 0 aliphatic heterocycles. The van der Waals surface area contributed by atoms with Gasteiger partial charge in [-0.15, -0.1) is 0 Å². The third kappa shape index (κ3) is 3.78. The molecular formula is C17H16F3N5O2. The molecule has 27 heavy (non-hydrogen) atoms. The lowest BCUT2D eigenvalue weighted by Gasteiger charge is -2.18. The van der Waals surface area contributed by atoms with Crippen LogP contribution in [0.25, 0.3) is 5.52 Å². The number of hydrogen-bond acceptors (Lipinski definition) is 5. The number of halogens is 3. The Balaban J connectivity index is 2.00. The lowest BCUT2D eigenvalue weighted by molar-refractivity contribution is -0.137. The van der Waals surface area contributed by atoms with Crippen LogP contribution in [0.4, 0.5) is 24.7 Å². The van der Waals surface area contributed by atoms with Gasteiger partial charge in [-0.25, -0.2) is 14.3 Å². The standard InChI is InChI=1S/C17H16F3N5O2/c1-8(10-3-12(17(18,19)20)6-13(21)4-10)22-15-14-5-11(16(26)27)7-25(14)24-9(2)23-15/h3-8H,21H2,1-2H3,(H,26,27)(H,22,23,24)/t8-/m1/s1. The maximum absolute atomic E-state index is 13.0. The minimum absolute atomic E-state index is 0.00617. The number of nitrogens with zero attached hydrogens (tertiary/aromatic N) is 3. The zero-order chi connectivity index (χ0) is 19.9. The third-order valence-corrected chi connectivity index (χ3v) is 3.97. The molecule has 142 valence electrons. The summed E-state index contributed by atoms with van der Waals surface area (Å²) in [6.45, 7) is 3.28. The molecule has 0 amide bonds. The van der Waals surface area contributed by atoms with Crippen molar-refractivity contribution in [3.63, 3.8) is 0 Å². The maximum Gasteiger partial charge on any atom is 0.416 e. The molecule has 0 saturated heterocycles. The molecule has 0 aliphatic rings. The van der Waals surface area contributed by atoms with Crippen molar-refractivity contribution in [3.8, 4) is 0 Å². The molecule has 0 bridgehead atoms. The van der Waals surface area contributed by atoms with Crippen molar-refractivity contribution in [2.24, 2.45) is 0 Å². The van der Waals surface area contributed by atoms with Gasteiger partial charge in [0.15, 0.2) is 5.82 Å². The molecule has 2 aromatic heterocycles. The fourth-order valence-electron chi connectivity index (χ4n) is 2.71. The number of aromatic nitrogens is 3. The molecule has 3 aromatic rings. The summed E-state index contributed by atoms with van der Waals surface area (Å²) < 4.78 is 40.4. The number of benzene rings is 1. The molecule has 3 rings (SSSR count). The van der Waals surface area contributed by atoms with Crippen LogP contribution in [0.15, 0.2) is 30.5 Å². The monoisotopic (exact) mass is 379 g/mol. The second-order valence-electron chi connectivity index (χ2n) is 6.12. The molecule has 0 aliphatic carbocycles. The third-order valence-electron chi connectivity index (χ3n) is 3.97. The van der Waals surface area contributed by atoms with Crippen molar-refractivity contribution in [3.05, 3.63) is 53.0 Å². The van der Waals surface area contributed by atoms with Gasteiger partial charge >= 0.3 is 12.1 Å². The Bertz CT molecular complexity index is 1030. The van der Waals surface area contributed by atoms with Crippen LogP contribution in [-0.4, -0.2) is 25.7 Å². The van der Waals surface area contributed by atoms with E-state index < -0.39 is 23.8 Å². The molecule has 4 N–H and O–H groups in total. The first-order valence-electron chi connectivity index (χ1n) is 7.89. The summed E-state index contributed by atoms with van der Waals surface area (Å²) in [4.78, 5) is 15.4. The molecule has 2 heterocycles. The number of carboxylic acids is 1. The van der Waals surface area contributed by atoms with Crippen LogP contribution in [0.3, 0.4) is 0 Å². The Morgan fingerprint density at radius 1 is 1.30 bits per heavy atom. The van der Waals surface area contributed by atoms with E-state index >= 15 is 0 Å². The normalized spacial score (nSPS) is 12.9. The molecule has 0 spiro atoms. The van der Waals surface area contributed by atoms with Crippen molar-refractivity contribution >= 4 is 23.0 Å². The van der Waals surface area contributed by atoms with E-state index in [0.717, 1.165) is 12.1 Å². The van der Waals surface area contributed by atoms with Gasteiger partial charge in [-0.05, 0) is 43.7 Å². The summed E-state index contributed by atoms with van der Waals surface area (Å²) in [7, 11) is 0. The minimum atomic E-state index is -4.51. The summed E-state index contributed by atoms with van der Waals surface area (Å²) in [5.41, 5.74) is 5.50. The van der Waals surface area contributed by atoms with E-state index in [1.807, 2.05) is 0 Å². The predicted octanol–water partition coefficient (Wildman–Crippen LogP) is 3.51. The number of aromatic carboxylic acids is 1. The largest absolute Gasteiger partial charge is 0.478 e. The van der Waals surface area contributed by atoms with Crippen LogP contribution >= 0.6 is 0 Å². The van der Waals surface area contributed by atoms with Crippen LogP contribution < -0.4 is 11.1 Å². The van der Waals surface area contributed by atoms with Crippen LogP contribution in [0.1, 0.15) is 40.3 Å². The lowest BCUT2D eigenvalue weighted by atomic mass is 10.0. The van der Waals surface area contributed by atoms with Gasteiger partial charge in [-0.1, -0.05) is 0 Å². The highest BCUT2D eigenvalue weighted by Gasteiger charge is 2.31. The zero-order valence-corrected chi connectivity index (χ0v) is 14.4. The number of hydrogen-bond donors (Lipinski definition) is 3. The van der Waals surface area contributed by atoms with Crippen LogP contribution in [0.5, 0.6) is 0 Å². The molecule has 7 nitrogen and oxygen atoms in total. The number of nitrogen functional groups attached to an aromatic ring is 1. The highest BCUT2D eigenvalue weighted by molar-refractivity contribution is 5.90. The highest BCUT2D eigenvalue weighted by atomic mass is 19.4. The number of anilines is 2. The fraction of sp³-hybridized carbons (Fsp3) is 0.235. The smallest absolute Gasteiger partial charge is 0.416 e. The van der Waals surface area contributed by atoms with Crippen LogP contribution in [0, 0.1) is 6.92 Å². The number of nitrogens with one attached hydrogen (secondary N) is 1. The predicted molar refractivity (Wildman–Crippen MR) is 92.6 cm³/mol. The van der Waals surface area contributed by atoms with Gasteiger partial charge < -0.3 is 16.2 Å². The summed E-state index contributed by atoms with van der Waals surface area (Å²) in [6, 6.07) is 4.14. The quantitative estimate of drug-likeness (QED) is 0.599. The van der Waals surface area contributed by atoms with Gasteiger partial charge in [-0.2, -0.15) is 18.3 Å². The van der Waals surface area contributed by atoms with Crippen molar-refractivity contribution in [2.45, 2.75) is 26.1 Å². The Kier molecular flexibility index (Phi) is 4.42. The molecule has 1 atom stereocenters. The molecule has 0 fully saturated rings. The summed E-state index contributed by atoms with van der Waals surface area (Å²) in [5, 5.41) is 16.3. The first-order valence-corrected chi connectivity index (χ1v) is 7.89. The van der Waals surface area contributed by atoms with Crippen molar-refractivity contribution in [2.75, 3.05) is 11.1 Å². The number of nitrogens with two attached hydrogens (primary N) is 1. The SMILES string of the molecule is Cc1nc(N[C@H](C)c2cc(N)cc(C(F)(F)F)c2)c2cc(C(=O)O)cn2n1. The van der Waals surface area contributed by atoms with E-state index in [1.54, 1.807) is 13.8 Å². The summed E-state index contributed by atoms with van der Waals surface area (Å²) >= 11 is 0. The van der Waals surface area contributed by atoms with E-state index in [-0.39, 0.29) is 11.3 Å². The molecule has 0 unspecified atom stereocenters. The van der Waals surface area contributed by atoms with E-state index in [9.17, 15) is 18.0 Å². The fourth-order valence-corrected chi connectivity index (χ4v) is 2.71. The number of rotatable bonds is 4. The Hall–Kier alpha value is -3.30. The second-order valence-corrected chi connectivity index (χ2v) is 6.12. The second kappa shape index (κ2) is 6.45. The first kappa shape index (κ1) is 18.5. The molecule has 0 saturated carbocycles. The van der Waals surface area contributed by atoms with Crippen molar-refractivity contribution in [1.29, 1.82) is 0 Å². The van der Waals surface area contributed by atoms with Gasteiger partial charge in [0.05, 0.1) is 17.2 Å². The Labute approximate surface area is 151 Å². The van der Waals surface area contributed by atoms with E-state index in [4.69, 9.17) is 10.8 Å². The Morgan fingerprint density at radius 2 is 2.00 bits per heavy atom. The number of aryl methyl sites for hydroxylation is 1. The zero-order valence-electron chi connectivity index (χ0n) is 14.4. The molecule has 1 aromatic carbocycles. The first-order chi connectivity index (χ1) is 12.5. The topological polar surface area (TPSA) is 106 Å². The Morgan fingerprint density at radius 3 is 2.63 bits per heavy atom. The van der Waals surface area contributed by atoms with Crippen LogP contribution in [-0.2, 0) is 6.18 Å². The van der Waals surface area contributed by atoms with Gasteiger partial charge in [0, 0.05) is 11.9 Å². The van der Waals surface area contributed by atoms with E-state index in [0.29, 0.717) is 22.7 Å². The highest BCUT2D eigenvalue weighted by Crippen LogP contribution is 2.33. The number of fused-ring (bicyclic) bond motifs is 1. The van der Waals surface area contributed by atoms with Crippen molar-refractivity contribution in [1.82, 2.24) is 14.6 Å². The summed E-state index contributed by atoms with van der Waals surface area (Å²) in [5.74, 6) is -0.449. The molecule has 0 radical (unpaired) electrons. The molecule has 10 heteroatoms. The lowest BCUT2D eigenvalue weighted by Crippen LogP contribution is -2.13. The number of carbonyl (C=O) groups is 1. The van der Waals surface area contributed by atoms with Gasteiger partial charge in [0.1, 0.15) is 11.3 Å².